The smallest absolute Gasteiger partial charge is 0.179 e. The predicted molar refractivity (Wildman–Crippen MR) is 113 cm³/mol. The maximum atomic E-state index is 5.93. The van der Waals surface area contributed by atoms with Gasteiger partial charge in [-0.3, -0.25) is 0 Å². The summed E-state index contributed by atoms with van der Waals surface area (Å²) in [6, 6.07) is 12.9. The molecule has 4 heterocycles. The van der Waals surface area contributed by atoms with Gasteiger partial charge >= 0.3 is 0 Å². The van der Waals surface area contributed by atoms with E-state index in [4.69, 9.17) is 18.9 Å². The van der Waals surface area contributed by atoms with Crippen molar-refractivity contribution in [3.8, 4) is 43.9 Å². The van der Waals surface area contributed by atoms with Crippen molar-refractivity contribution >= 4 is 33.4 Å². The molecule has 0 spiro atoms. The van der Waals surface area contributed by atoms with Gasteiger partial charge in [0.1, 0.15) is 26.4 Å². The van der Waals surface area contributed by atoms with E-state index in [-0.39, 0.29) is 0 Å². The van der Waals surface area contributed by atoms with Crippen LogP contribution >= 0.6 is 22.7 Å². The molecule has 0 saturated heterocycles. The first-order valence-corrected chi connectivity index (χ1v) is 10.9. The Morgan fingerprint density at radius 1 is 0.571 bits per heavy atom. The van der Waals surface area contributed by atoms with Crippen molar-refractivity contribution in [2.75, 3.05) is 26.4 Å². The largest absolute Gasteiger partial charge is 0.485 e. The number of ether oxygens (including phenoxy) is 4. The summed E-state index contributed by atoms with van der Waals surface area (Å²) in [5, 5.41) is 6.45. The van der Waals surface area contributed by atoms with Crippen molar-refractivity contribution in [3.05, 3.63) is 47.2 Å². The van der Waals surface area contributed by atoms with E-state index in [9.17, 15) is 0 Å². The predicted octanol–water partition coefficient (Wildman–Crippen LogP) is 5.84. The number of fused-ring (bicyclic) bond motifs is 3. The Balaban J connectivity index is 1.56. The van der Waals surface area contributed by atoms with E-state index >= 15 is 0 Å². The Hall–Kier alpha value is -2.70. The molecule has 2 aromatic heterocycles. The van der Waals surface area contributed by atoms with Crippen LogP contribution in [0.15, 0.2) is 47.2 Å². The third kappa shape index (κ3) is 2.41. The first-order chi connectivity index (χ1) is 13.9. The zero-order valence-electron chi connectivity index (χ0n) is 14.9. The van der Waals surface area contributed by atoms with Crippen LogP contribution in [0.4, 0.5) is 0 Å². The van der Waals surface area contributed by atoms with Gasteiger partial charge in [-0.15, -0.1) is 22.7 Å². The van der Waals surface area contributed by atoms with Gasteiger partial charge < -0.3 is 18.9 Å². The molecule has 0 atom stereocenters. The van der Waals surface area contributed by atoms with Gasteiger partial charge in [0.05, 0.1) is 9.75 Å². The van der Waals surface area contributed by atoms with Gasteiger partial charge in [-0.2, -0.15) is 0 Å². The summed E-state index contributed by atoms with van der Waals surface area (Å²) in [5.41, 5.74) is 2.33. The topological polar surface area (TPSA) is 36.9 Å². The fourth-order valence-electron chi connectivity index (χ4n) is 3.79. The Kier molecular flexibility index (Phi) is 3.74. The van der Waals surface area contributed by atoms with Crippen molar-refractivity contribution in [2.24, 2.45) is 0 Å². The van der Waals surface area contributed by atoms with Gasteiger partial charge in [-0.05, 0) is 10.8 Å². The van der Waals surface area contributed by atoms with E-state index in [1.165, 1.54) is 21.9 Å². The van der Waals surface area contributed by atoms with Crippen LogP contribution in [-0.2, 0) is 0 Å². The van der Waals surface area contributed by atoms with Crippen molar-refractivity contribution < 1.29 is 18.9 Å². The molecular formula is C22H16O4S2. The number of hydrogen-bond acceptors (Lipinski definition) is 6. The fourth-order valence-corrected chi connectivity index (χ4v) is 5.74. The van der Waals surface area contributed by atoms with E-state index in [1.807, 2.05) is 10.8 Å². The Morgan fingerprint density at radius 3 is 1.54 bits per heavy atom. The summed E-state index contributed by atoms with van der Waals surface area (Å²) in [6.07, 6.45) is 0. The lowest BCUT2D eigenvalue weighted by atomic mass is 9.97. The van der Waals surface area contributed by atoms with Crippen LogP contribution < -0.4 is 18.9 Å². The van der Waals surface area contributed by atoms with Gasteiger partial charge in [0.2, 0.25) is 0 Å². The van der Waals surface area contributed by atoms with Crippen LogP contribution in [0.1, 0.15) is 0 Å². The van der Waals surface area contributed by atoms with Gasteiger partial charge in [0, 0.05) is 21.9 Å². The van der Waals surface area contributed by atoms with Crippen LogP contribution in [0.5, 0.6) is 23.0 Å². The molecule has 0 saturated carbocycles. The molecule has 0 aliphatic carbocycles. The minimum Gasteiger partial charge on any atom is -0.485 e. The first-order valence-electron chi connectivity index (χ1n) is 9.17. The molecule has 6 rings (SSSR count). The second-order valence-electron chi connectivity index (χ2n) is 6.62. The minimum absolute atomic E-state index is 0.589. The SMILES string of the molecule is c1ccc2c(-c3scc4c3OCCO4)ccc(-c3scc4c3OCCO4)c2c1. The highest BCUT2D eigenvalue weighted by Gasteiger charge is 2.24. The molecule has 0 fully saturated rings. The molecule has 4 aromatic rings. The average Bonchev–Trinajstić information content (AvgIpc) is 3.37. The summed E-state index contributed by atoms with van der Waals surface area (Å²) < 4.78 is 23.3. The van der Waals surface area contributed by atoms with Gasteiger partial charge in [-0.1, -0.05) is 36.4 Å². The lowest BCUT2D eigenvalue weighted by Crippen LogP contribution is -2.14. The van der Waals surface area contributed by atoms with E-state index in [0.717, 1.165) is 32.8 Å². The van der Waals surface area contributed by atoms with Crippen LogP contribution in [0.3, 0.4) is 0 Å². The third-order valence-electron chi connectivity index (χ3n) is 5.02. The van der Waals surface area contributed by atoms with E-state index in [0.29, 0.717) is 26.4 Å². The highest BCUT2D eigenvalue weighted by molar-refractivity contribution is 7.15. The second-order valence-corrected chi connectivity index (χ2v) is 8.38. The zero-order chi connectivity index (χ0) is 18.5. The highest BCUT2D eigenvalue weighted by atomic mass is 32.1. The van der Waals surface area contributed by atoms with Crippen molar-refractivity contribution in [3.63, 3.8) is 0 Å². The quantitative estimate of drug-likeness (QED) is 0.418. The lowest BCUT2D eigenvalue weighted by Gasteiger charge is -2.18. The summed E-state index contributed by atoms with van der Waals surface area (Å²) >= 11 is 3.33. The number of rotatable bonds is 2. The second kappa shape index (κ2) is 6.43. The molecule has 6 heteroatoms. The molecule has 4 nitrogen and oxygen atoms in total. The fraction of sp³-hybridized carbons (Fsp3) is 0.182. The van der Waals surface area contributed by atoms with Crippen molar-refractivity contribution in [1.82, 2.24) is 0 Å². The number of benzene rings is 2. The first kappa shape index (κ1) is 16.3. The molecule has 28 heavy (non-hydrogen) atoms. The van der Waals surface area contributed by atoms with Crippen molar-refractivity contribution in [1.29, 1.82) is 0 Å². The zero-order valence-corrected chi connectivity index (χ0v) is 16.5. The molecule has 0 N–H and O–H groups in total. The van der Waals surface area contributed by atoms with Crippen molar-refractivity contribution in [2.45, 2.75) is 0 Å². The summed E-state index contributed by atoms with van der Waals surface area (Å²) in [5.74, 6) is 3.41. The molecule has 2 aromatic carbocycles. The Morgan fingerprint density at radius 2 is 1.04 bits per heavy atom. The number of hydrogen-bond donors (Lipinski definition) is 0. The molecule has 2 aliphatic heterocycles. The van der Waals surface area contributed by atoms with Crippen LogP contribution in [-0.4, -0.2) is 26.4 Å². The van der Waals surface area contributed by atoms with Gasteiger partial charge in [-0.25, -0.2) is 0 Å². The summed E-state index contributed by atoms with van der Waals surface area (Å²) in [7, 11) is 0. The van der Waals surface area contributed by atoms with E-state index in [2.05, 4.69) is 36.4 Å². The molecular weight excluding hydrogens is 392 g/mol. The Bertz CT molecular complexity index is 1100. The van der Waals surface area contributed by atoms with E-state index in [1.54, 1.807) is 22.7 Å². The summed E-state index contributed by atoms with van der Waals surface area (Å²) in [6.45, 7) is 2.39. The molecule has 0 unspecified atom stereocenters. The number of thiophene rings is 2. The molecule has 140 valence electrons. The van der Waals surface area contributed by atoms with Crippen LogP contribution in [0.2, 0.25) is 0 Å². The lowest BCUT2D eigenvalue weighted by molar-refractivity contribution is 0.174. The molecule has 0 amide bonds. The highest BCUT2D eigenvalue weighted by Crippen LogP contribution is 2.51. The van der Waals surface area contributed by atoms with Crippen LogP contribution in [0.25, 0.3) is 31.7 Å². The Labute approximate surface area is 169 Å². The van der Waals surface area contributed by atoms with Gasteiger partial charge in [0.15, 0.2) is 23.0 Å². The minimum atomic E-state index is 0.589. The van der Waals surface area contributed by atoms with Gasteiger partial charge in [0.25, 0.3) is 0 Å². The molecule has 0 bridgehead atoms. The molecule has 0 radical (unpaired) electrons. The maximum absolute atomic E-state index is 5.93. The standard InChI is InChI=1S/C22H16O4S2/c1-2-4-14-13(3-1)15(21-19-17(11-27-21)23-7-9-25-19)5-6-16(14)22-20-18(12-28-22)24-8-10-26-20/h1-6,11-12H,7-10H2. The summed E-state index contributed by atoms with van der Waals surface area (Å²) in [4.78, 5) is 2.23. The normalized spacial score (nSPS) is 15.0. The van der Waals surface area contributed by atoms with E-state index < -0.39 is 0 Å². The third-order valence-corrected chi connectivity index (χ3v) is 6.96. The average molecular weight is 409 g/mol. The maximum Gasteiger partial charge on any atom is 0.179 e. The monoisotopic (exact) mass is 408 g/mol. The molecule has 2 aliphatic rings. The van der Waals surface area contributed by atoms with Crippen LogP contribution in [0, 0.1) is 0 Å².